The summed E-state index contributed by atoms with van der Waals surface area (Å²) < 4.78 is 7.22. The topological polar surface area (TPSA) is 116 Å². The van der Waals surface area contributed by atoms with Crippen LogP contribution in [0.15, 0.2) is 46.9 Å². The second kappa shape index (κ2) is 7.09. The number of aryl methyl sites for hydroxylation is 2. The number of carbonyl (C=O) groups excluding carboxylic acids is 2. The molecule has 1 aliphatic carbocycles. The molecule has 0 spiro atoms. The van der Waals surface area contributed by atoms with E-state index in [0.717, 1.165) is 40.8 Å². The van der Waals surface area contributed by atoms with Crippen molar-refractivity contribution in [2.45, 2.75) is 25.7 Å². The molecular formula is C23H21N5O3. The van der Waals surface area contributed by atoms with Crippen molar-refractivity contribution in [2.24, 2.45) is 12.8 Å². The number of hydrogen-bond donors (Lipinski definition) is 2. The fraction of sp³-hybridized carbons (Fsp3) is 0.217. The van der Waals surface area contributed by atoms with E-state index in [1.165, 1.54) is 6.07 Å². The van der Waals surface area contributed by atoms with Gasteiger partial charge >= 0.3 is 0 Å². The number of aromatic nitrogens is 3. The summed E-state index contributed by atoms with van der Waals surface area (Å²) in [6.45, 7) is 1.88. The number of nitrogens with one attached hydrogen (secondary N) is 1. The lowest BCUT2D eigenvalue weighted by Crippen LogP contribution is -2.13. The van der Waals surface area contributed by atoms with E-state index in [4.69, 9.17) is 15.1 Å². The number of primary amides is 1. The largest absolute Gasteiger partial charge is 0.451 e. The molecule has 31 heavy (non-hydrogen) atoms. The Kier molecular flexibility index (Phi) is 4.35. The number of benzene rings is 1. The number of pyridine rings is 1. The van der Waals surface area contributed by atoms with Gasteiger partial charge in [0.15, 0.2) is 11.4 Å². The predicted molar refractivity (Wildman–Crippen MR) is 116 cm³/mol. The van der Waals surface area contributed by atoms with Gasteiger partial charge in [0.05, 0.1) is 16.6 Å². The average Bonchev–Trinajstić information content (AvgIpc) is 3.40. The van der Waals surface area contributed by atoms with Crippen LogP contribution in [-0.4, -0.2) is 26.6 Å². The molecule has 0 atom stereocenters. The smallest absolute Gasteiger partial charge is 0.284 e. The van der Waals surface area contributed by atoms with E-state index in [2.05, 4.69) is 10.4 Å². The Hall–Kier alpha value is -3.94. The van der Waals surface area contributed by atoms with Crippen molar-refractivity contribution in [3.05, 3.63) is 65.2 Å². The van der Waals surface area contributed by atoms with Crippen LogP contribution >= 0.6 is 0 Å². The van der Waals surface area contributed by atoms with E-state index in [1.54, 1.807) is 22.9 Å². The Morgan fingerprint density at radius 2 is 2.00 bits per heavy atom. The summed E-state index contributed by atoms with van der Waals surface area (Å²) in [4.78, 5) is 29.3. The van der Waals surface area contributed by atoms with Crippen molar-refractivity contribution >= 4 is 28.5 Å². The summed E-state index contributed by atoms with van der Waals surface area (Å²) in [6.07, 6.45) is 2.18. The van der Waals surface area contributed by atoms with E-state index in [0.29, 0.717) is 22.9 Å². The summed E-state index contributed by atoms with van der Waals surface area (Å²) in [5.74, 6) is 0.141. The highest BCUT2D eigenvalue weighted by Crippen LogP contribution is 2.40. The Balaban J connectivity index is 1.49. The second-order valence-corrected chi connectivity index (χ2v) is 7.84. The molecule has 8 nitrogen and oxygen atoms in total. The molecule has 0 unspecified atom stereocenters. The first-order valence-electron chi connectivity index (χ1n) is 10.1. The van der Waals surface area contributed by atoms with Gasteiger partial charge in [-0.05, 0) is 50.1 Å². The summed E-state index contributed by atoms with van der Waals surface area (Å²) in [5, 5.41) is 8.19. The maximum atomic E-state index is 13.3. The summed E-state index contributed by atoms with van der Waals surface area (Å²) in [5.41, 5.74) is 9.58. The van der Waals surface area contributed by atoms with Crippen molar-refractivity contribution in [2.75, 3.05) is 5.32 Å². The molecular weight excluding hydrogens is 394 g/mol. The summed E-state index contributed by atoms with van der Waals surface area (Å²) >= 11 is 0. The van der Waals surface area contributed by atoms with Crippen LogP contribution < -0.4 is 11.1 Å². The highest BCUT2D eigenvalue weighted by Gasteiger charge is 2.28. The molecule has 3 aromatic heterocycles. The molecule has 0 saturated heterocycles. The highest BCUT2D eigenvalue weighted by molar-refractivity contribution is 6.12. The highest BCUT2D eigenvalue weighted by atomic mass is 16.3. The lowest BCUT2D eigenvalue weighted by molar-refractivity contribution is 0.0973. The molecule has 8 heteroatoms. The maximum absolute atomic E-state index is 13.3. The number of rotatable bonds is 5. The molecule has 3 N–H and O–H groups in total. The molecule has 1 aliphatic rings. The van der Waals surface area contributed by atoms with Gasteiger partial charge in [-0.3, -0.25) is 14.3 Å². The van der Waals surface area contributed by atoms with Crippen LogP contribution in [0.3, 0.4) is 0 Å². The van der Waals surface area contributed by atoms with Gasteiger partial charge in [-0.2, -0.15) is 5.10 Å². The third-order valence-corrected chi connectivity index (χ3v) is 5.48. The van der Waals surface area contributed by atoms with E-state index in [1.807, 2.05) is 32.2 Å². The number of carbonyl (C=O) groups is 2. The summed E-state index contributed by atoms with van der Waals surface area (Å²) in [7, 11) is 1.84. The minimum atomic E-state index is -0.629. The molecule has 0 aliphatic heterocycles. The van der Waals surface area contributed by atoms with Gasteiger partial charge in [-0.15, -0.1) is 0 Å². The molecule has 1 fully saturated rings. The Labute approximate surface area is 178 Å². The quantitative estimate of drug-likeness (QED) is 0.515. The molecule has 1 aromatic carbocycles. The normalized spacial score (nSPS) is 13.5. The van der Waals surface area contributed by atoms with Gasteiger partial charge in [0.1, 0.15) is 5.76 Å². The Morgan fingerprint density at radius 3 is 2.71 bits per heavy atom. The third kappa shape index (κ3) is 3.46. The van der Waals surface area contributed by atoms with Gasteiger partial charge in [-0.25, -0.2) is 4.98 Å². The van der Waals surface area contributed by atoms with Crippen LogP contribution in [0, 0.1) is 6.92 Å². The van der Waals surface area contributed by atoms with Crippen LogP contribution in [0.4, 0.5) is 5.69 Å². The van der Waals surface area contributed by atoms with Gasteiger partial charge in [0.25, 0.3) is 11.8 Å². The summed E-state index contributed by atoms with van der Waals surface area (Å²) in [6, 6.07) is 12.3. The number of furan rings is 1. The minimum Gasteiger partial charge on any atom is -0.451 e. The van der Waals surface area contributed by atoms with E-state index < -0.39 is 5.91 Å². The molecule has 4 aromatic rings. The number of nitrogens with two attached hydrogens (primary N) is 1. The predicted octanol–water partition coefficient (Wildman–Crippen LogP) is 3.77. The number of hydrogen-bond acceptors (Lipinski definition) is 5. The van der Waals surface area contributed by atoms with E-state index >= 15 is 0 Å². The zero-order valence-electron chi connectivity index (χ0n) is 17.2. The van der Waals surface area contributed by atoms with Crippen molar-refractivity contribution in [1.82, 2.24) is 14.8 Å². The average molecular weight is 415 g/mol. The van der Waals surface area contributed by atoms with Crippen molar-refractivity contribution < 1.29 is 14.0 Å². The standard InChI is InChI=1S/C23H21N5O3/c1-12-20-16(11-17(13-6-7-13)26-22(20)28(2)27-12)23(30)25-15-5-3-4-14(10-15)18-8-9-19(31-18)21(24)29/h3-5,8-11,13H,6-7H2,1-2H3,(H2,24,29)(H,25,30). The van der Waals surface area contributed by atoms with Gasteiger partial charge in [0, 0.05) is 29.9 Å². The molecule has 156 valence electrons. The number of fused-ring (bicyclic) bond motifs is 1. The fourth-order valence-corrected chi connectivity index (χ4v) is 3.81. The van der Waals surface area contributed by atoms with Gasteiger partial charge in [-0.1, -0.05) is 12.1 Å². The molecule has 2 amide bonds. The van der Waals surface area contributed by atoms with Crippen molar-refractivity contribution in [1.29, 1.82) is 0 Å². The monoisotopic (exact) mass is 415 g/mol. The van der Waals surface area contributed by atoms with Gasteiger partial charge < -0.3 is 15.5 Å². The first-order chi connectivity index (χ1) is 14.9. The molecule has 5 rings (SSSR count). The second-order valence-electron chi connectivity index (χ2n) is 7.84. The molecule has 0 radical (unpaired) electrons. The first-order valence-corrected chi connectivity index (χ1v) is 10.1. The van der Waals surface area contributed by atoms with Crippen LogP contribution in [0.5, 0.6) is 0 Å². The minimum absolute atomic E-state index is 0.0864. The maximum Gasteiger partial charge on any atom is 0.284 e. The lowest BCUT2D eigenvalue weighted by Gasteiger charge is -2.10. The van der Waals surface area contributed by atoms with Gasteiger partial charge in [0.2, 0.25) is 0 Å². The Bertz CT molecular complexity index is 1350. The molecule has 0 bridgehead atoms. The SMILES string of the molecule is Cc1nn(C)c2nc(C3CC3)cc(C(=O)Nc3cccc(-c4ccc(C(N)=O)o4)c3)c12. The first kappa shape index (κ1) is 19.0. The van der Waals surface area contributed by atoms with Crippen LogP contribution in [0.2, 0.25) is 0 Å². The molecule has 1 saturated carbocycles. The third-order valence-electron chi connectivity index (χ3n) is 5.48. The van der Waals surface area contributed by atoms with Crippen molar-refractivity contribution in [3.8, 4) is 11.3 Å². The van der Waals surface area contributed by atoms with Crippen molar-refractivity contribution in [3.63, 3.8) is 0 Å². The van der Waals surface area contributed by atoms with Crippen LogP contribution in [0.1, 0.15) is 51.1 Å². The van der Waals surface area contributed by atoms with Crippen LogP contribution in [-0.2, 0) is 7.05 Å². The zero-order valence-corrected chi connectivity index (χ0v) is 17.2. The fourth-order valence-electron chi connectivity index (χ4n) is 3.81. The van der Waals surface area contributed by atoms with E-state index in [9.17, 15) is 9.59 Å². The lowest BCUT2D eigenvalue weighted by atomic mass is 10.1. The van der Waals surface area contributed by atoms with Crippen LogP contribution in [0.25, 0.3) is 22.4 Å². The number of anilines is 1. The zero-order chi connectivity index (χ0) is 21.7. The number of nitrogens with zero attached hydrogens (tertiary/aromatic N) is 3. The Morgan fingerprint density at radius 1 is 1.19 bits per heavy atom. The van der Waals surface area contributed by atoms with E-state index in [-0.39, 0.29) is 11.7 Å². The molecule has 3 heterocycles. The number of amides is 2.